The molecule has 0 bridgehead atoms. The zero-order valence-electron chi connectivity index (χ0n) is 10.1. The molecule has 0 saturated carbocycles. The highest BCUT2D eigenvalue weighted by molar-refractivity contribution is 7.80. The fourth-order valence-electron chi connectivity index (χ4n) is 1.48. The van der Waals surface area contributed by atoms with Crippen LogP contribution in [0.5, 0.6) is 0 Å². The number of benzene rings is 1. The number of thiocarbonyl (C=S) groups is 1. The number of hydrogen-bond donors (Lipinski definition) is 2. The first-order chi connectivity index (χ1) is 8.24. The monoisotopic (exact) mass is 270 g/mol. The van der Waals surface area contributed by atoms with E-state index in [9.17, 15) is 0 Å². The number of para-hydroxylation sites is 1. The Bertz CT molecular complexity index is 355. The van der Waals surface area contributed by atoms with Gasteiger partial charge in [-0.3, -0.25) is 0 Å². The molecule has 0 amide bonds. The molecule has 0 unspecified atom stereocenters. The van der Waals surface area contributed by atoms with E-state index in [4.69, 9.17) is 23.8 Å². The lowest BCUT2D eigenvalue weighted by Gasteiger charge is -2.11. The van der Waals surface area contributed by atoms with Crippen molar-refractivity contribution < 1.29 is 0 Å². The summed E-state index contributed by atoms with van der Waals surface area (Å²) in [5.74, 6) is 0. The lowest BCUT2D eigenvalue weighted by molar-refractivity contribution is 0.655. The summed E-state index contributed by atoms with van der Waals surface area (Å²) >= 11 is 11.2. The first kappa shape index (κ1) is 14.3. The standard InChI is InChI=1S/C13H19ClN2S/c1-2-3-4-7-10-15-13(17)16-12-9-6-5-8-11(12)14/h5-6,8-9H,2-4,7,10H2,1H3,(H2,15,16,17). The third kappa shape index (κ3) is 5.89. The highest BCUT2D eigenvalue weighted by Gasteiger charge is 2.00. The fourth-order valence-corrected chi connectivity index (χ4v) is 1.88. The van der Waals surface area contributed by atoms with Crippen LogP contribution in [0.4, 0.5) is 5.69 Å². The third-order valence-electron chi connectivity index (χ3n) is 2.44. The molecule has 1 aromatic rings. The van der Waals surface area contributed by atoms with Crippen LogP contribution < -0.4 is 10.6 Å². The summed E-state index contributed by atoms with van der Waals surface area (Å²) in [7, 11) is 0. The van der Waals surface area contributed by atoms with Crippen LogP contribution in [0, 0.1) is 0 Å². The maximum atomic E-state index is 6.02. The molecule has 2 N–H and O–H groups in total. The van der Waals surface area contributed by atoms with Crippen LogP contribution in [-0.2, 0) is 0 Å². The normalized spacial score (nSPS) is 10.0. The van der Waals surface area contributed by atoms with Crippen molar-refractivity contribution in [3.05, 3.63) is 29.3 Å². The summed E-state index contributed by atoms with van der Waals surface area (Å²) in [5.41, 5.74) is 0.847. The Hall–Kier alpha value is -0.800. The SMILES string of the molecule is CCCCCCNC(=S)Nc1ccccc1Cl. The Kier molecular flexibility index (Phi) is 6.97. The van der Waals surface area contributed by atoms with Crippen LogP contribution >= 0.6 is 23.8 Å². The van der Waals surface area contributed by atoms with Crippen molar-refractivity contribution in [3.63, 3.8) is 0 Å². The second-order valence-electron chi connectivity index (χ2n) is 3.92. The van der Waals surface area contributed by atoms with E-state index in [-0.39, 0.29) is 0 Å². The molecule has 0 aliphatic heterocycles. The van der Waals surface area contributed by atoms with Crippen molar-refractivity contribution in [1.82, 2.24) is 5.32 Å². The molecule has 0 aromatic heterocycles. The predicted octanol–water partition coefficient (Wildman–Crippen LogP) is 4.21. The minimum atomic E-state index is 0.634. The zero-order valence-corrected chi connectivity index (χ0v) is 11.7. The molecule has 0 aliphatic carbocycles. The second kappa shape index (κ2) is 8.31. The molecular formula is C13H19ClN2S. The Balaban J connectivity index is 2.23. The van der Waals surface area contributed by atoms with Gasteiger partial charge < -0.3 is 10.6 Å². The quantitative estimate of drug-likeness (QED) is 0.598. The highest BCUT2D eigenvalue weighted by Crippen LogP contribution is 2.20. The molecule has 0 radical (unpaired) electrons. The lowest BCUT2D eigenvalue weighted by atomic mass is 10.2. The van der Waals surface area contributed by atoms with Crippen molar-refractivity contribution in [3.8, 4) is 0 Å². The van der Waals surface area contributed by atoms with Crippen molar-refractivity contribution >= 4 is 34.6 Å². The molecule has 17 heavy (non-hydrogen) atoms. The van der Waals surface area contributed by atoms with Gasteiger partial charge in [0.05, 0.1) is 10.7 Å². The molecule has 0 saturated heterocycles. The van der Waals surface area contributed by atoms with E-state index in [1.165, 1.54) is 19.3 Å². The van der Waals surface area contributed by atoms with E-state index >= 15 is 0 Å². The summed E-state index contributed by atoms with van der Waals surface area (Å²) in [6.45, 7) is 3.12. The van der Waals surface area contributed by atoms with Gasteiger partial charge in [-0.1, -0.05) is 49.9 Å². The van der Waals surface area contributed by atoms with E-state index < -0.39 is 0 Å². The molecule has 0 spiro atoms. The highest BCUT2D eigenvalue weighted by atomic mass is 35.5. The molecule has 1 rings (SSSR count). The fraction of sp³-hybridized carbons (Fsp3) is 0.462. The minimum absolute atomic E-state index is 0.634. The number of halogens is 1. The third-order valence-corrected chi connectivity index (χ3v) is 3.01. The van der Waals surface area contributed by atoms with Gasteiger partial charge in [-0.2, -0.15) is 0 Å². The van der Waals surface area contributed by atoms with E-state index in [2.05, 4.69) is 17.6 Å². The molecule has 94 valence electrons. The summed E-state index contributed by atoms with van der Waals surface area (Å²) in [6, 6.07) is 7.58. The number of nitrogens with one attached hydrogen (secondary N) is 2. The van der Waals surface area contributed by atoms with E-state index in [0.29, 0.717) is 10.1 Å². The average Bonchev–Trinajstić information content (AvgIpc) is 2.32. The molecule has 0 fully saturated rings. The van der Waals surface area contributed by atoms with Gasteiger partial charge in [0.1, 0.15) is 0 Å². The van der Waals surface area contributed by atoms with Gasteiger partial charge in [0, 0.05) is 6.54 Å². The molecule has 0 aliphatic rings. The van der Waals surface area contributed by atoms with Crippen molar-refractivity contribution in [2.24, 2.45) is 0 Å². The smallest absolute Gasteiger partial charge is 0.170 e. The zero-order chi connectivity index (χ0) is 12.5. The molecule has 0 atom stereocenters. The van der Waals surface area contributed by atoms with Gasteiger partial charge in [0.25, 0.3) is 0 Å². The Morgan fingerprint density at radius 2 is 2.00 bits per heavy atom. The van der Waals surface area contributed by atoms with E-state index in [1.807, 2.05) is 24.3 Å². The van der Waals surface area contributed by atoms with E-state index in [0.717, 1.165) is 18.7 Å². The lowest BCUT2D eigenvalue weighted by Crippen LogP contribution is -2.29. The largest absolute Gasteiger partial charge is 0.362 e. The van der Waals surface area contributed by atoms with Crippen molar-refractivity contribution in [1.29, 1.82) is 0 Å². The number of anilines is 1. The van der Waals surface area contributed by atoms with Gasteiger partial charge in [0.2, 0.25) is 0 Å². The van der Waals surface area contributed by atoms with Gasteiger partial charge >= 0.3 is 0 Å². The molecule has 2 nitrogen and oxygen atoms in total. The van der Waals surface area contributed by atoms with Crippen LogP contribution in [0.25, 0.3) is 0 Å². The number of hydrogen-bond acceptors (Lipinski definition) is 1. The summed E-state index contributed by atoms with van der Waals surface area (Å²) in [6.07, 6.45) is 4.94. The summed E-state index contributed by atoms with van der Waals surface area (Å²) in [4.78, 5) is 0. The summed E-state index contributed by atoms with van der Waals surface area (Å²) < 4.78 is 0. The first-order valence-electron chi connectivity index (χ1n) is 6.03. The van der Waals surface area contributed by atoms with Crippen LogP contribution in [0.1, 0.15) is 32.6 Å². The molecule has 4 heteroatoms. The Morgan fingerprint density at radius 1 is 1.24 bits per heavy atom. The van der Waals surface area contributed by atoms with Crippen LogP contribution in [0.3, 0.4) is 0 Å². The number of rotatable bonds is 6. The molecule has 1 aromatic carbocycles. The van der Waals surface area contributed by atoms with Gasteiger partial charge in [-0.05, 0) is 30.8 Å². The molecular weight excluding hydrogens is 252 g/mol. The number of unbranched alkanes of at least 4 members (excludes halogenated alkanes) is 3. The van der Waals surface area contributed by atoms with Gasteiger partial charge in [0.15, 0.2) is 5.11 Å². The maximum Gasteiger partial charge on any atom is 0.170 e. The predicted molar refractivity (Wildman–Crippen MR) is 79.8 cm³/mol. The van der Waals surface area contributed by atoms with Crippen LogP contribution in [-0.4, -0.2) is 11.7 Å². The Morgan fingerprint density at radius 3 is 2.71 bits per heavy atom. The molecule has 0 heterocycles. The maximum absolute atomic E-state index is 6.02. The van der Waals surface area contributed by atoms with Gasteiger partial charge in [-0.25, -0.2) is 0 Å². The summed E-state index contributed by atoms with van der Waals surface area (Å²) in [5, 5.41) is 7.59. The van der Waals surface area contributed by atoms with Crippen LogP contribution in [0.2, 0.25) is 5.02 Å². The second-order valence-corrected chi connectivity index (χ2v) is 4.74. The average molecular weight is 271 g/mol. The van der Waals surface area contributed by atoms with E-state index in [1.54, 1.807) is 0 Å². The van der Waals surface area contributed by atoms with Crippen molar-refractivity contribution in [2.75, 3.05) is 11.9 Å². The topological polar surface area (TPSA) is 24.1 Å². The Labute approximate surface area is 114 Å². The minimum Gasteiger partial charge on any atom is -0.362 e. The van der Waals surface area contributed by atoms with Crippen molar-refractivity contribution in [2.45, 2.75) is 32.6 Å². The van der Waals surface area contributed by atoms with Crippen LogP contribution in [0.15, 0.2) is 24.3 Å². The van der Waals surface area contributed by atoms with Gasteiger partial charge in [-0.15, -0.1) is 0 Å². The first-order valence-corrected chi connectivity index (χ1v) is 6.82.